The number of nitrogens with zero attached hydrogens (tertiary/aromatic N) is 2. The molecular weight excluding hydrogens is 401 g/mol. The SMILES string of the molecule is Fc1cc2c(=S)ccn(C3CC3F)c2c(Cl)c1N1C[C](=[V])C2(CC2)C1. The van der Waals surface area contributed by atoms with Crippen molar-refractivity contribution in [2.45, 2.75) is 31.5 Å². The second-order valence-corrected chi connectivity index (χ2v) is 9.07. The maximum atomic E-state index is 15.0. The number of pyridine rings is 1. The zero-order valence-corrected chi connectivity index (χ0v) is 16.3. The summed E-state index contributed by atoms with van der Waals surface area (Å²) in [6, 6.07) is 2.96. The summed E-state index contributed by atoms with van der Waals surface area (Å²) >= 11 is 14.7. The first-order valence-electron chi connectivity index (χ1n) is 8.38. The molecule has 0 bridgehead atoms. The fourth-order valence-electron chi connectivity index (χ4n) is 3.97. The van der Waals surface area contributed by atoms with Gasteiger partial charge in [-0.2, -0.15) is 0 Å². The Morgan fingerprint density at radius 2 is 2.08 bits per heavy atom. The summed E-state index contributed by atoms with van der Waals surface area (Å²) in [7, 11) is 0. The van der Waals surface area contributed by atoms with Crippen LogP contribution >= 0.6 is 23.8 Å². The second kappa shape index (κ2) is 5.38. The van der Waals surface area contributed by atoms with Crippen molar-refractivity contribution in [1.29, 1.82) is 0 Å². The Morgan fingerprint density at radius 1 is 1.36 bits per heavy atom. The molecule has 1 aromatic carbocycles. The van der Waals surface area contributed by atoms with Crippen LogP contribution in [0.2, 0.25) is 5.02 Å². The van der Waals surface area contributed by atoms with Gasteiger partial charge < -0.3 is 0 Å². The molecule has 129 valence electrons. The van der Waals surface area contributed by atoms with E-state index >= 15 is 0 Å². The van der Waals surface area contributed by atoms with Gasteiger partial charge in [-0.15, -0.1) is 0 Å². The molecule has 0 radical (unpaired) electrons. The van der Waals surface area contributed by atoms with Crippen LogP contribution in [-0.4, -0.2) is 28.1 Å². The van der Waals surface area contributed by atoms with Crippen molar-refractivity contribution in [3.05, 3.63) is 33.7 Å². The van der Waals surface area contributed by atoms with Crippen LogP contribution in [0.3, 0.4) is 0 Å². The Morgan fingerprint density at radius 3 is 2.68 bits per heavy atom. The first-order valence-corrected chi connectivity index (χ1v) is 9.87. The topological polar surface area (TPSA) is 8.17 Å². The van der Waals surface area contributed by atoms with Gasteiger partial charge in [0.2, 0.25) is 0 Å². The number of anilines is 1. The zero-order valence-electron chi connectivity index (χ0n) is 13.3. The molecule has 2 heterocycles. The predicted molar refractivity (Wildman–Crippen MR) is 95.2 cm³/mol. The van der Waals surface area contributed by atoms with E-state index in [1.54, 1.807) is 12.3 Å². The van der Waals surface area contributed by atoms with Gasteiger partial charge in [0.15, 0.2) is 0 Å². The van der Waals surface area contributed by atoms with Gasteiger partial charge >= 0.3 is 164 Å². The number of alkyl halides is 1. The average molecular weight is 416 g/mol. The standard InChI is InChI=1S/C18H15ClF2N2S.V/c19-15-16-10(14(24)1-5-23(16)13-8-11(13)20)7-12(21)17(15)22-6-4-18(9-22)2-3-18;/h1,5,7,11,13H,2-3,6,8-9H2;. The number of rotatable bonds is 2. The van der Waals surface area contributed by atoms with Gasteiger partial charge in [-0.3, -0.25) is 0 Å². The van der Waals surface area contributed by atoms with Crippen LogP contribution in [0.1, 0.15) is 25.3 Å². The first kappa shape index (κ1) is 16.4. The van der Waals surface area contributed by atoms with Crippen LogP contribution in [0.25, 0.3) is 10.9 Å². The molecular formula is C18H15ClF2N2SV. The summed E-state index contributed by atoms with van der Waals surface area (Å²) in [5.74, 6) is -0.355. The minimum absolute atomic E-state index is 0.223. The van der Waals surface area contributed by atoms with Gasteiger partial charge in [0.1, 0.15) is 0 Å². The molecule has 2 atom stereocenters. The van der Waals surface area contributed by atoms with E-state index in [0.717, 1.165) is 19.4 Å². The Kier molecular flexibility index (Phi) is 3.54. The third kappa shape index (κ3) is 2.39. The number of hydrogen-bond donors (Lipinski definition) is 0. The predicted octanol–water partition coefficient (Wildman–Crippen LogP) is 4.77. The van der Waals surface area contributed by atoms with Gasteiger partial charge in [-0.1, -0.05) is 0 Å². The Labute approximate surface area is 163 Å². The molecule has 25 heavy (non-hydrogen) atoms. The molecule has 0 amide bonds. The summed E-state index contributed by atoms with van der Waals surface area (Å²) in [6.07, 6.45) is 3.69. The van der Waals surface area contributed by atoms with Crippen LogP contribution in [0, 0.1) is 15.7 Å². The van der Waals surface area contributed by atoms with E-state index in [2.05, 4.69) is 17.0 Å². The van der Waals surface area contributed by atoms with Crippen molar-refractivity contribution in [2.24, 2.45) is 5.41 Å². The van der Waals surface area contributed by atoms with E-state index in [1.165, 1.54) is 10.3 Å². The van der Waals surface area contributed by atoms with E-state index in [1.807, 2.05) is 9.47 Å². The molecule has 0 N–H and O–H groups in total. The third-order valence-corrected chi connectivity index (χ3v) is 7.41. The molecule has 2 unspecified atom stereocenters. The molecule has 3 fully saturated rings. The van der Waals surface area contributed by atoms with E-state index in [0.29, 0.717) is 39.1 Å². The molecule has 2 aliphatic carbocycles. The Hall–Kier alpha value is -0.746. The molecule has 2 nitrogen and oxygen atoms in total. The third-order valence-electron chi connectivity index (χ3n) is 5.73. The van der Waals surface area contributed by atoms with Gasteiger partial charge in [-0.05, 0) is 0 Å². The first-order chi connectivity index (χ1) is 11.9. The van der Waals surface area contributed by atoms with Crippen molar-refractivity contribution in [1.82, 2.24) is 4.57 Å². The molecule has 3 aliphatic rings. The number of halogens is 3. The molecule has 1 spiro atoms. The fourth-order valence-corrected chi connectivity index (χ4v) is 5.33. The Bertz CT molecular complexity index is 1000. The van der Waals surface area contributed by atoms with Gasteiger partial charge in [-0.25, -0.2) is 0 Å². The van der Waals surface area contributed by atoms with Gasteiger partial charge in [0, 0.05) is 0 Å². The summed E-state index contributed by atoms with van der Waals surface area (Å²) in [4.78, 5) is 2.03. The normalized spacial score (nSPS) is 26.6. The van der Waals surface area contributed by atoms with Crippen LogP contribution < -0.4 is 4.90 Å². The van der Waals surface area contributed by atoms with E-state index < -0.39 is 6.17 Å². The number of fused-ring (bicyclic) bond motifs is 1. The quantitative estimate of drug-likeness (QED) is 0.653. The molecule has 5 rings (SSSR count). The van der Waals surface area contributed by atoms with E-state index in [-0.39, 0.29) is 17.3 Å². The summed E-state index contributed by atoms with van der Waals surface area (Å²) in [5, 5.41) is 0.929. The van der Waals surface area contributed by atoms with Crippen LogP contribution in [-0.2, 0) is 17.0 Å². The summed E-state index contributed by atoms with van der Waals surface area (Å²) < 4.78 is 32.4. The second-order valence-electron chi connectivity index (χ2n) is 7.41. The van der Waals surface area contributed by atoms with Gasteiger partial charge in [0.05, 0.1) is 0 Å². The summed E-state index contributed by atoms with van der Waals surface area (Å²) in [5.41, 5.74) is 1.30. The van der Waals surface area contributed by atoms with Crippen molar-refractivity contribution < 1.29 is 25.8 Å². The maximum absolute atomic E-state index is 15.0. The Balaban J connectivity index is 1.72. The fraction of sp³-hybridized carbons (Fsp3) is 0.444. The molecule has 7 heteroatoms. The number of aromatic nitrogens is 1. The van der Waals surface area contributed by atoms with Crippen molar-refractivity contribution in [2.75, 3.05) is 18.0 Å². The molecule has 2 aromatic rings. The molecule has 2 saturated carbocycles. The zero-order chi connectivity index (χ0) is 17.5. The van der Waals surface area contributed by atoms with E-state index in [9.17, 15) is 8.78 Å². The molecule has 1 aromatic heterocycles. The average Bonchev–Trinajstić information content (AvgIpc) is 3.44. The number of benzene rings is 1. The van der Waals surface area contributed by atoms with Crippen molar-refractivity contribution >= 4 is 44.6 Å². The monoisotopic (exact) mass is 415 g/mol. The summed E-state index contributed by atoms with van der Waals surface area (Å²) in [6.45, 7) is 1.49. The minimum atomic E-state index is -0.872. The number of hydrogen-bond acceptors (Lipinski definition) is 2. The van der Waals surface area contributed by atoms with Crippen LogP contribution in [0.4, 0.5) is 14.5 Å². The van der Waals surface area contributed by atoms with E-state index in [4.69, 9.17) is 23.8 Å². The van der Waals surface area contributed by atoms with Crippen molar-refractivity contribution in [3.63, 3.8) is 0 Å². The van der Waals surface area contributed by atoms with Crippen molar-refractivity contribution in [3.8, 4) is 0 Å². The molecule has 1 saturated heterocycles. The van der Waals surface area contributed by atoms with Crippen LogP contribution in [0.15, 0.2) is 18.3 Å². The van der Waals surface area contributed by atoms with Gasteiger partial charge in [0.25, 0.3) is 0 Å². The molecule has 1 aliphatic heterocycles. The van der Waals surface area contributed by atoms with Crippen LogP contribution in [0.5, 0.6) is 0 Å².